The highest BCUT2D eigenvalue weighted by molar-refractivity contribution is 7.89. The summed E-state index contributed by atoms with van der Waals surface area (Å²) in [6, 6.07) is 4.52. The van der Waals surface area contributed by atoms with Crippen molar-refractivity contribution in [2.24, 2.45) is 5.14 Å². The number of hydrogen-bond acceptors (Lipinski definition) is 4. The molecule has 3 N–H and O–H groups in total. The minimum absolute atomic E-state index is 0.102. The molecule has 0 unspecified atom stereocenters. The van der Waals surface area contributed by atoms with Gasteiger partial charge in [-0.15, -0.1) is 0 Å². The van der Waals surface area contributed by atoms with E-state index in [4.69, 9.17) is 15.0 Å². The first-order chi connectivity index (χ1) is 7.55. The molecule has 0 atom stereocenters. The van der Waals surface area contributed by atoms with Gasteiger partial charge in [0.1, 0.15) is 0 Å². The van der Waals surface area contributed by atoms with Gasteiger partial charge in [-0.1, -0.05) is 6.07 Å². The Bertz CT molecular complexity index is 472. The molecular formula is C7H7F3N2O4S. The molecule has 0 aliphatic heterocycles. The first-order valence-corrected chi connectivity index (χ1v) is 5.33. The number of carboxylic acids is 1. The quantitative estimate of drug-likeness (QED) is 0.767. The number of halogens is 3. The van der Waals surface area contributed by atoms with Crippen molar-refractivity contribution >= 4 is 16.0 Å². The second-order valence-electron chi connectivity index (χ2n) is 2.52. The fourth-order valence-corrected chi connectivity index (χ4v) is 0.991. The molecule has 6 nitrogen and oxygen atoms in total. The number of sulfonamides is 1. The van der Waals surface area contributed by atoms with Gasteiger partial charge in [-0.25, -0.2) is 23.3 Å². The van der Waals surface area contributed by atoms with Crippen molar-refractivity contribution in [3.63, 3.8) is 0 Å². The van der Waals surface area contributed by atoms with Crippen LogP contribution in [0.25, 0.3) is 0 Å². The van der Waals surface area contributed by atoms with Gasteiger partial charge in [0.25, 0.3) is 10.0 Å². The van der Waals surface area contributed by atoms with Crippen molar-refractivity contribution in [3.05, 3.63) is 24.4 Å². The summed E-state index contributed by atoms with van der Waals surface area (Å²) in [4.78, 5) is 12.4. The van der Waals surface area contributed by atoms with Gasteiger partial charge in [0.15, 0.2) is 5.03 Å². The van der Waals surface area contributed by atoms with Crippen LogP contribution in [0.1, 0.15) is 0 Å². The summed E-state index contributed by atoms with van der Waals surface area (Å²) in [6.07, 6.45) is -3.71. The predicted molar refractivity (Wildman–Crippen MR) is 49.3 cm³/mol. The number of carboxylic acid groups (broad SMARTS) is 1. The SMILES string of the molecule is NS(=O)(=O)c1ccccn1.O=C(O)C(F)(F)F. The number of aromatic nitrogens is 1. The van der Waals surface area contributed by atoms with Crippen LogP contribution in [-0.4, -0.2) is 30.7 Å². The number of rotatable bonds is 1. The Kier molecular flexibility index (Phi) is 5.04. The van der Waals surface area contributed by atoms with Crippen molar-refractivity contribution in [2.75, 3.05) is 0 Å². The van der Waals surface area contributed by atoms with Crippen LogP contribution >= 0.6 is 0 Å². The number of pyridine rings is 1. The van der Waals surface area contributed by atoms with E-state index in [2.05, 4.69) is 4.98 Å². The highest BCUT2D eigenvalue weighted by Crippen LogP contribution is 2.13. The number of alkyl halides is 3. The van der Waals surface area contributed by atoms with Gasteiger partial charge in [0, 0.05) is 6.20 Å². The third-order valence-corrected chi connectivity index (χ3v) is 2.00. The van der Waals surface area contributed by atoms with Crippen molar-refractivity contribution < 1.29 is 31.5 Å². The van der Waals surface area contributed by atoms with Gasteiger partial charge < -0.3 is 5.11 Å². The standard InChI is InChI=1S/C5H6N2O2S.C2HF3O2/c6-10(8,9)5-3-1-2-4-7-5;3-2(4,5)1(6)7/h1-4H,(H2,6,8,9);(H,6,7). The Labute approximate surface area is 93.9 Å². The van der Waals surface area contributed by atoms with Crippen LogP contribution < -0.4 is 5.14 Å². The monoisotopic (exact) mass is 272 g/mol. The normalized spacial score (nSPS) is 11.3. The molecule has 0 saturated carbocycles. The van der Waals surface area contributed by atoms with E-state index >= 15 is 0 Å². The minimum atomic E-state index is -5.08. The zero-order chi connectivity index (χ0) is 13.7. The number of primary sulfonamides is 1. The maximum atomic E-state index is 10.6. The number of nitrogens with two attached hydrogens (primary N) is 1. The molecule has 0 amide bonds. The van der Waals surface area contributed by atoms with Crippen LogP contribution in [0.2, 0.25) is 0 Å². The van der Waals surface area contributed by atoms with E-state index in [1.54, 1.807) is 12.1 Å². The number of carbonyl (C=O) groups is 1. The number of nitrogens with zero attached hydrogens (tertiary/aromatic N) is 1. The van der Waals surface area contributed by atoms with E-state index < -0.39 is 22.2 Å². The fourth-order valence-electron chi connectivity index (χ4n) is 0.515. The lowest BCUT2D eigenvalue weighted by molar-refractivity contribution is -0.192. The average Bonchev–Trinajstić information content (AvgIpc) is 2.17. The molecule has 0 aromatic carbocycles. The van der Waals surface area contributed by atoms with E-state index in [-0.39, 0.29) is 5.03 Å². The Morgan fingerprint density at radius 3 is 2.00 bits per heavy atom. The molecule has 0 bridgehead atoms. The molecule has 0 saturated heterocycles. The van der Waals surface area contributed by atoms with Gasteiger partial charge in [-0.05, 0) is 12.1 Å². The second-order valence-corrected chi connectivity index (χ2v) is 4.02. The van der Waals surface area contributed by atoms with Crippen LogP contribution in [-0.2, 0) is 14.8 Å². The smallest absolute Gasteiger partial charge is 0.475 e. The first-order valence-electron chi connectivity index (χ1n) is 3.79. The van der Waals surface area contributed by atoms with Crippen LogP contribution in [0.3, 0.4) is 0 Å². The van der Waals surface area contributed by atoms with E-state index in [0.29, 0.717) is 0 Å². The van der Waals surface area contributed by atoms with E-state index in [9.17, 15) is 21.6 Å². The molecule has 1 heterocycles. The highest BCUT2D eigenvalue weighted by Gasteiger charge is 2.38. The lowest BCUT2D eigenvalue weighted by atomic mass is 10.5. The van der Waals surface area contributed by atoms with E-state index in [0.717, 1.165) is 0 Å². The average molecular weight is 272 g/mol. The van der Waals surface area contributed by atoms with Crippen LogP contribution in [0.5, 0.6) is 0 Å². The topological polar surface area (TPSA) is 110 Å². The molecule has 17 heavy (non-hydrogen) atoms. The summed E-state index contributed by atoms with van der Waals surface area (Å²) >= 11 is 0. The zero-order valence-corrected chi connectivity index (χ0v) is 8.86. The van der Waals surface area contributed by atoms with Crippen molar-refractivity contribution in [1.82, 2.24) is 4.98 Å². The molecule has 1 aromatic rings. The maximum Gasteiger partial charge on any atom is 0.490 e. The molecule has 10 heteroatoms. The summed E-state index contributed by atoms with van der Waals surface area (Å²) < 4.78 is 52.8. The van der Waals surface area contributed by atoms with Gasteiger partial charge in [-0.3, -0.25) is 0 Å². The van der Waals surface area contributed by atoms with Crippen LogP contribution in [0.15, 0.2) is 29.4 Å². The summed E-state index contributed by atoms with van der Waals surface area (Å²) in [6.45, 7) is 0. The first kappa shape index (κ1) is 15.3. The zero-order valence-electron chi connectivity index (χ0n) is 8.05. The Morgan fingerprint density at radius 2 is 1.82 bits per heavy atom. The Morgan fingerprint density at radius 1 is 1.35 bits per heavy atom. The van der Waals surface area contributed by atoms with Gasteiger partial charge >= 0.3 is 12.1 Å². The number of hydrogen-bond donors (Lipinski definition) is 2. The molecule has 0 aliphatic carbocycles. The third-order valence-electron chi connectivity index (χ3n) is 1.17. The summed E-state index contributed by atoms with van der Waals surface area (Å²) in [5.41, 5.74) is 0. The molecule has 0 aliphatic rings. The van der Waals surface area contributed by atoms with Crippen molar-refractivity contribution in [1.29, 1.82) is 0 Å². The van der Waals surface area contributed by atoms with Crippen molar-refractivity contribution in [3.8, 4) is 0 Å². The van der Waals surface area contributed by atoms with Crippen LogP contribution in [0.4, 0.5) is 13.2 Å². The third kappa shape index (κ3) is 6.48. The van der Waals surface area contributed by atoms with E-state index in [1.165, 1.54) is 12.3 Å². The Balaban J connectivity index is 0.000000325. The molecule has 96 valence electrons. The summed E-state index contributed by atoms with van der Waals surface area (Å²) in [5.74, 6) is -2.76. The molecule has 0 fully saturated rings. The molecular weight excluding hydrogens is 265 g/mol. The highest BCUT2D eigenvalue weighted by atomic mass is 32.2. The van der Waals surface area contributed by atoms with Gasteiger partial charge in [0.05, 0.1) is 0 Å². The largest absolute Gasteiger partial charge is 0.490 e. The lowest BCUT2D eigenvalue weighted by Gasteiger charge is -1.93. The minimum Gasteiger partial charge on any atom is -0.475 e. The maximum absolute atomic E-state index is 10.6. The fraction of sp³-hybridized carbons (Fsp3) is 0.143. The Hall–Kier alpha value is -1.68. The predicted octanol–water partition coefficient (Wildman–Crippen LogP) is 0.362. The van der Waals surface area contributed by atoms with Crippen molar-refractivity contribution in [2.45, 2.75) is 11.2 Å². The number of aliphatic carboxylic acids is 1. The van der Waals surface area contributed by atoms with Gasteiger partial charge in [0.2, 0.25) is 0 Å². The summed E-state index contributed by atoms with van der Waals surface area (Å²) in [5, 5.41) is 11.8. The molecule has 1 rings (SSSR count). The molecule has 1 aromatic heterocycles. The second kappa shape index (κ2) is 5.59. The van der Waals surface area contributed by atoms with Crippen LogP contribution in [0, 0.1) is 0 Å². The van der Waals surface area contributed by atoms with E-state index in [1.807, 2.05) is 0 Å². The summed E-state index contributed by atoms with van der Waals surface area (Å²) in [7, 11) is -3.61. The lowest BCUT2D eigenvalue weighted by Crippen LogP contribution is -2.21. The van der Waals surface area contributed by atoms with Gasteiger partial charge in [-0.2, -0.15) is 13.2 Å². The molecule has 0 spiro atoms. The molecule has 0 radical (unpaired) electrons.